The quantitative estimate of drug-likeness (QED) is 0.169. The molecule has 0 amide bonds. The molecule has 0 bridgehead atoms. The second-order valence-corrected chi connectivity index (χ2v) is 15.7. The first-order valence-corrected chi connectivity index (χ1v) is 19.8. The van der Waals surface area contributed by atoms with Gasteiger partial charge in [0.15, 0.2) is 11.5 Å². The van der Waals surface area contributed by atoms with E-state index in [4.69, 9.17) is 10.2 Å². The maximum Gasteiger partial charge on any atom is 0.169 e. The van der Waals surface area contributed by atoms with Gasteiger partial charge in [0.05, 0.1) is 5.52 Å². The van der Waals surface area contributed by atoms with Gasteiger partial charge in [0.25, 0.3) is 0 Å². The first-order valence-electron chi connectivity index (χ1n) is 19.0. The smallest absolute Gasteiger partial charge is 0.169 e. The Kier molecular flexibility index (Phi) is 6.80. The van der Waals surface area contributed by atoms with Crippen LogP contribution in [0.5, 0.6) is 0 Å². The molecule has 0 saturated carbocycles. The summed E-state index contributed by atoms with van der Waals surface area (Å²) in [7, 11) is 0. The Balaban J connectivity index is 1.04. The molecule has 12 aromatic rings. The van der Waals surface area contributed by atoms with Crippen LogP contribution >= 0.6 is 11.3 Å². The van der Waals surface area contributed by atoms with Gasteiger partial charge in [-0.25, -0.2) is 0 Å². The summed E-state index contributed by atoms with van der Waals surface area (Å²) in [6, 6.07) is 68.5. The van der Waals surface area contributed by atoms with Gasteiger partial charge in [-0.3, -0.25) is 4.40 Å². The largest absolute Gasteiger partial charge is 0.274 e. The molecule has 3 aromatic heterocycles. The second-order valence-electron chi connectivity index (χ2n) is 14.7. The van der Waals surface area contributed by atoms with Gasteiger partial charge in [-0.1, -0.05) is 146 Å². The number of nitrogens with zero attached hydrogens (tertiary/aromatic N) is 3. The van der Waals surface area contributed by atoms with Crippen LogP contribution in [0.4, 0.5) is 0 Å². The summed E-state index contributed by atoms with van der Waals surface area (Å²) in [6.45, 7) is 0. The Morgan fingerprint density at radius 1 is 0.357 bits per heavy atom. The van der Waals surface area contributed by atoms with E-state index in [9.17, 15) is 0 Å². The Hall–Kier alpha value is -7.14. The van der Waals surface area contributed by atoms with Gasteiger partial charge >= 0.3 is 0 Å². The predicted molar refractivity (Wildman–Crippen MR) is 238 cm³/mol. The van der Waals surface area contributed by atoms with E-state index in [1.807, 2.05) is 11.3 Å². The molecule has 4 heteroatoms. The fraction of sp³-hybridized carbons (Fsp3) is 0. The summed E-state index contributed by atoms with van der Waals surface area (Å²) >= 11 is 1.88. The average Bonchev–Trinajstić information content (AvgIpc) is 3.88. The van der Waals surface area contributed by atoms with Crippen molar-refractivity contribution in [2.24, 2.45) is 0 Å². The van der Waals surface area contributed by atoms with Crippen LogP contribution in [0.15, 0.2) is 188 Å². The van der Waals surface area contributed by atoms with Crippen LogP contribution in [0, 0.1) is 0 Å². The van der Waals surface area contributed by atoms with E-state index in [0.29, 0.717) is 0 Å². The number of rotatable bonds is 4. The molecule has 3 heterocycles. The fourth-order valence-electron chi connectivity index (χ4n) is 8.66. The minimum absolute atomic E-state index is 0.839. The van der Waals surface area contributed by atoms with Gasteiger partial charge in [-0.15, -0.1) is 21.5 Å². The summed E-state index contributed by atoms with van der Waals surface area (Å²) < 4.78 is 4.79. The lowest BCUT2D eigenvalue weighted by atomic mass is 9.93. The van der Waals surface area contributed by atoms with Crippen molar-refractivity contribution < 1.29 is 0 Å². The Morgan fingerprint density at radius 2 is 0.911 bits per heavy atom. The first-order chi connectivity index (χ1) is 27.7. The first kappa shape index (κ1) is 31.2. The summed E-state index contributed by atoms with van der Waals surface area (Å²) in [5.74, 6) is 0.839. The number of benzene rings is 9. The van der Waals surface area contributed by atoms with Gasteiger partial charge in [-0.2, -0.15) is 0 Å². The molecule has 56 heavy (non-hydrogen) atoms. The highest BCUT2D eigenvalue weighted by atomic mass is 32.1. The van der Waals surface area contributed by atoms with E-state index in [-0.39, 0.29) is 0 Å². The lowest BCUT2D eigenvalue weighted by Crippen LogP contribution is -1.94. The molecule has 0 aliphatic heterocycles. The molecule has 0 spiro atoms. The predicted octanol–water partition coefficient (Wildman–Crippen LogP) is 14.4. The van der Waals surface area contributed by atoms with Crippen molar-refractivity contribution in [3.63, 3.8) is 0 Å². The zero-order valence-corrected chi connectivity index (χ0v) is 31.0. The molecule has 3 nitrogen and oxygen atoms in total. The second kappa shape index (κ2) is 12.2. The topological polar surface area (TPSA) is 30.2 Å². The zero-order valence-electron chi connectivity index (χ0n) is 30.1. The van der Waals surface area contributed by atoms with Crippen LogP contribution < -0.4 is 0 Å². The molecule has 9 aromatic carbocycles. The molecule has 0 atom stereocenters. The van der Waals surface area contributed by atoms with Gasteiger partial charge in [0.2, 0.25) is 0 Å². The van der Waals surface area contributed by atoms with Crippen molar-refractivity contribution in [3.8, 4) is 44.8 Å². The molecular weight excluding hydrogens is 699 g/mol. The van der Waals surface area contributed by atoms with Crippen molar-refractivity contribution in [1.29, 1.82) is 0 Å². The third-order valence-electron chi connectivity index (χ3n) is 11.5. The average molecular weight is 730 g/mol. The summed E-state index contributed by atoms with van der Waals surface area (Å²) in [6.07, 6.45) is 0. The van der Waals surface area contributed by atoms with Crippen LogP contribution in [0.25, 0.3) is 114 Å². The molecule has 0 fully saturated rings. The highest BCUT2D eigenvalue weighted by molar-refractivity contribution is 7.26. The van der Waals surface area contributed by atoms with Crippen molar-refractivity contribution in [2.45, 2.75) is 0 Å². The van der Waals surface area contributed by atoms with E-state index < -0.39 is 0 Å². The van der Waals surface area contributed by atoms with Crippen LogP contribution in [-0.4, -0.2) is 14.6 Å². The number of fused-ring (bicyclic) bond motifs is 11. The molecule has 260 valence electrons. The summed E-state index contributed by atoms with van der Waals surface area (Å²) in [4.78, 5) is 0. The molecule has 0 radical (unpaired) electrons. The molecule has 0 unspecified atom stereocenters. The normalized spacial score (nSPS) is 11.9. The Labute approximate surface area is 326 Å². The van der Waals surface area contributed by atoms with Gasteiger partial charge < -0.3 is 0 Å². The summed E-state index contributed by atoms with van der Waals surface area (Å²) in [5.41, 5.74) is 10.3. The van der Waals surface area contributed by atoms with E-state index in [1.54, 1.807) is 0 Å². The Morgan fingerprint density at radius 3 is 1.66 bits per heavy atom. The molecule has 12 rings (SSSR count). The number of hydrogen-bond acceptors (Lipinski definition) is 3. The number of thiophene rings is 1. The van der Waals surface area contributed by atoms with Crippen molar-refractivity contribution in [3.05, 3.63) is 188 Å². The number of para-hydroxylation sites is 1. The maximum absolute atomic E-state index is 4.79. The van der Waals surface area contributed by atoms with E-state index in [2.05, 4.69) is 192 Å². The standard InChI is InChI=1S/C52H31N3S/c1-3-11-36-27-38(23-17-32(36)9-1)40-25-26-49-46(29-40)47-31-41(39-24-18-33-10-2-4-12-37(33)28-39)30-45(50(47)56-49)34-19-21-35(22-20-34)51-53-54-52-44-15-6-5-13-42(44)43-14-7-8-16-48(43)55(51)52/h1-31H. The molecular formula is C52H31N3S. The van der Waals surface area contributed by atoms with Gasteiger partial charge in [-0.05, 0) is 97.2 Å². The fourth-order valence-corrected chi connectivity index (χ4v) is 9.86. The number of hydrogen-bond donors (Lipinski definition) is 0. The summed E-state index contributed by atoms with van der Waals surface area (Å²) in [5, 5.41) is 20.6. The SMILES string of the molecule is c1ccc2cc(-c3ccc4sc5c(-c6ccc(-c7nnc8c9ccccc9c9ccccc9n78)cc6)cc(-c6ccc7ccccc7c6)cc5c4c3)ccc2c1. The maximum atomic E-state index is 4.79. The monoisotopic (exact) mass is 729 g/mol. The van der Waals surface area contributed by atoms with Crippen LogP contribution in [0.2, 0.25) is 0 Å². The van der Waals surface area contributed by atoms with Gasteiger partial charge in [0, 0.05) is 42.1 Å². The van der Waals surface area contributed by atoms with Crippen LogP contribution in [0.1, 0.15) is 0 Å². The van der Waals surface area contributed by atoms with E-state index in [0.717, 1.165) is 27.9 Å². The lowest BCUT2D eigenvalue weighted by molar-refractivity contribution is 1.12. The van der Waals surface area contributed by atoms with Crippen molar-refractivity contribution in [2.75, 3.05) is 0 Å². The van der Waals surface area contributed by atoms with Crippen LogP contribution in [-0.2, 0) is 0 Å². The number of aromatic nitrogens is 3. The third kappa shape index (κ3) is 4.83. The van der Waals surface area contributed by atoms with Crippen molar-refractivity contribution in [1.82, 2.24) is 14.6 Å². The molecule has 0 aliphatic carbocycles. The lowest BCUT2D eigenvalue weighted by Gasteiger charge is -2.11. The molecule has 0 N–H and O–H groups in total. The number of pyridine rings is 1. The molecule has 0 aliphatic rings. The highest BCUT2D eigenvalue weighted by Gasteiger charge is 2.18. The van der Waals surface area contributed by atoms with Crippen molar-refractivity contribution >= 4 is 80.4 Å². The minimum Gasteiger partial charge on any atom is -0.274 e. The Bertz CT molecular complexity index is 3540. The van der Waals surface area contributed by atoms with Gasteiger partial charge in [0.1, 0.15) is 0 Å². The third-order valence-corrected chi connectivity index (χ3v) is 12.7. The van der Waals surface area contributed by atoms with E-state index >= 15 is 0 Å². The van der Waals surface area contributed by atoms with Crippen LogP contribution in [0.3, 0.4) is 0 Å². The molecule has 0 saturated heterocycles. The zero-order chi connectivity index (χ0) is 36.7. The highest BCUT2D eigenvalue weighted by Crippen LogP contribution is 2.45. The minimum atomic E-state index is 0.839. The van der Waals surface area contributed by atoms with E-state index in [1.165, 1.54) is 85.9 Å².